The number of nitrogens with two attached hydrogens (primary N) is 1. The number of benzene rings is 1. The van der Waals surface area contributed by atoms with Crippen LogP contribution < -0.4 is 16.0 Å². The molecule has 0 aliphatic rings. The van der Waals surface area contributed by atoms with Crippen molar-refractivity contribution < 1.29 is 14.9 Å². The van der Waals surface area contributed by atoms with E-state index < -0.39 is 6.03 Å². The van der Waals surface area contributed by atoms with Gasteiger partial charge in [-0.05, 0) is 17.9 Å². The van der Waals surface area contributed by atoms with Gasteiger partial charge in [-0.3, -0.25) is 10.1 Å². The van der Waals surface area contributed by atoms with Gasteiger partial charge in [-0.15, -0.1) is 0 Å². The molecule has 1 atom stereocenters. The lowest BCUT2D eigenvalue weighted by molar-refractivity contribution is -0.692. The van der Waals surface area contributed by atoms with E-state index in [1.54, 1.807) is 0 Å². The fourth-order valence-corrected chi connectivity index (χ4v) is 2.52. The first kappa shape index (κ1) is 20.2. The van der Waals surface area contributed by atoms with Crippen LogP contribution in [0.25, 0.3) is 0 Å². The standard InChI is InChI=1S/C19H31N3O2/c1-6-15-7-9-16(10-8-15)18(14(4)5)20-12-17(23)22-19(24)21-11-13(2)3/h7-10,13-14,18,20H,6,11-12H2,1-5H3,(H2,21,22,23,24)/p+1/t18-/m0/s1. The van der Waals surface area contributed by atoms with Gasteiger partial charge in [0.05, 0.1) is 0 Å². The SMILES string of the molecule is CCc1ccc([C@@H]([NH2+]CC(=O)NC(=O)NCC(C)C)C(C)C)cc1. The molecule has 0 fully saturated rings. The summed E-state index contributed by atoms with van der Waals surface area (Å²) in [4.78, 5) is 23.6. The molecule has 5 nitrogen and oxygen atoms in total. The maximum absolute atomic E-state index is 12.0. The van der Waals surface area contributed by atoms with Gasteiger partial charge in [-0.1, -0.05) is 58.9 Å². The zero-order chi connectivity index (χ0) is 18.1. The van der Waals surface area contributed by atoms with Crippen LogP contribution in [0.1, 0.15) is 51.8 Å². The van der Waals surface area contributed by atoms with E-state index in [2.05, 4.69) is 55.7 Å². The van der Waals surface area contributed by atoms with E-state index in [-0.39, 0.29) is 18.5 Å². The Morgan fingerprint density at radius 1 is 1.08 bits per heavy atom. The lowest BCUT2D eigenvalue weighted by Gasteiger charge is -2.19. The average Bonchev–Trinajstić information content (AvgIpc) is 2.53. The van der Waals surface area contributed by atoms with Crippen LogP contribution in [0.2, 0.25) is 0 Å². The van der Waals surface area contributed by atoms with Crippen molar-refractivity contribution in [3.05, 3.63) is 35.4 Å². The van der Waals surface area contributed by atoms with Crippen LogP contribution in [-0.4, -0.2) is 25.0 Å². The van der Waals surface area contributed by atoms with Gasteiger partial charge in [-0.2, -0.15) is 0 Å². The molecule has 24 heavy (non-hydrogen) atoms. The van der Waals surface area contributed by atoms with E-state index in [0.29, 0.717) is 18.4 Å². The number of imide groups is 1. The zero-order valence-corrected chi connectivity index (χ0v) is 15.6. The van der Waals surface area contributed by atoms with E-state index in [1.165, 1.54) is 11.1 Å². The number of rotatable bonds is 8. The second kappa shape index (κ2) is 10.1. The van der Waals surface area contributed by atoms with Crippen molar-refractivity contribution in [2.45, 2.75) is 47.1 Å². The van der Waals surface area contributed by atoms with Crippen LogP contribution in [0.5, 0.6) is 0 Å². The van der Waals surface area contributed by atoms with Crippen LogP contribution >= 0.6 is 0 Å². The van der Waals surface area contributed by atoms with Gasteiger partial charge in [0, 0.05) is 18.0 Å². The maximum atomic E-state index is 12.0. The highest BCUT2D eigenvalue weighted by Gasteiger charge is 2.21. The normalized spacial score (nSPS) is 12.3. The number of quaternary nitrogens is 1. The van der Waals surface area contributed by atoms with Crippen molar-refractivity contribution in [1.82, 2.24) is 10.6 Å². The number of carbonyl (C=O) groups is 2. The third-order valence-electron chi connectivity index (χ3n) is 3.97. The van der Waals surface area contributed by atoms with Gasteiger partial charge >= 0.3 is 6.03 Å². The third-order valence-corrected chi connectivity index (χ3v) is 3.97. The molecule has 3 amide bonds. The summed E-state index contributed by atoms with van der Waals surface area (Å²) in [7, 11) is 0. The second-order valence-corrected chi connectivity index (χ2v) is 6.96. The molecule has 0 bridgehead atoms. The summed E-state index contributed by atoms with van der Waals surface area (Å²) in [6.45, 7) is 11.2. The molecule has 1 aromatic carbocycles. The Morgan fingerprint density at radius 3 is 2.21 bits per heavy atom. The fourth-order valence-electron chi connectivity index (χ4n) is 2.52. The molecular weight excluding hydrogens is 302 g/mol. The molecule has 0 radical (unpaired) electrons. The number of aryl methyl sites for hydroxylation is 1. The van der Waals surface area contributed by atoms with Crippen molar-refractivity contribution in [3.63, 3.8) is 0 Å². The minimum atomic E-state index is -0.421. The molecule has 0 aliphatic heterocycles. The monoisotopic (exact) mass is 334 g/mol. The minimum absolute atomic E-state index is 0.195. The molecule has 0 heterocycles. The van der Waals surface area contributed by atoms with Crippen molar-refractivity contribution in [1.29, 1.82) is 0 Å². The predicted molar refractivity (Wildman–Crippen MR) is 96.6 cm³/mol. The number of hydrogen-bond acceptors (Lipinski definition) is 2. The number of nitrogens with one attached hydrogen (secondary N) is 2. The van der Waals surface area contributed by atoms with E-state index in [9.17, 15) is 9.59 Å². The Morgan fingerprint density at radius 2 is 1.71 bits per heavy atom. The van der Waals surface area contributed by atoms with Crippen molar-refractivity contribution in [2.24, 2.45) is 11.8 Å². The Labute approximate surface area is 145 Å². The molecule has 1 rings (SSSR count). The van der Waals surface area contributed by atoms with Crippen LogP contribution in [0.15, 0.2) is 24.3 Å². The quantitative estimate of drug-likeness (QED) is 0.680. The van der Waals surface area contributed by atoms with Crippen LogP contribution in [-0.2, 0) is 11.2 Å². The smallest absolute Gasteiger partial charge is 0.321 e. The number of hydrogen-bond donors (Lipinski definition) is 3. The molecule has 1 aromatic rings. The first-order chi connectivity index (χ1) is 11.3. The highest BCUT2D eigenvalue weighted by Crippen LogP contribution is 2.18. The van der Waals surface area contributed by atoms with E-state index in [4.69, 9.17) is 0 Å². The summed E-state index contributed by atoms with van der Waals surface area (Å²) in [5.74, 6) is 0.473. The molecule has 0 saturated carbocycles. The molecule has 0 saturated heterocycles. The summed E-state index contributed by atoms with van der Waals surface area (Å²) in [5, 5.41) is 7.06. The highest BCUT2D eigenvalue weighted by molar-refractivity contribution is 5.94. The predicted octanol–water partition coefficient (Wildman–Crippen LogP) is 1.99. The van der Waals surface area contributed by atoms with Crippen LogP contribution in [0.4, 0.5) is 4.79 Å². The van der Waals surface area contributed by atoms with Gasteiger partial charge in [0.25, 0.3) is 5.91 Å². The molecule has 4 N–H and O–H groups in total. The largest absolute Gasteiger partial charge is 0.338 e. The van der Waals surface area contributed by atoms with Crippen molar-refractivity contribution >= 4 is 11.9 Å². The van der Waals surface area contributed by atoms with Crippen molar-refractivity contribution in [2.75, 3.05) is 13.1 Å². The molecule has 134 valence electrons. The Kier molecular flexibility index (Phi) is 8.47. The zero-order valence-electron chi connectivity index (χ0n) is 15.6. The van der Waals surface area contributed by atoms with E-state index in [0.717, 1.165) is 6.42 Å². The van der Waals surface area contributed by atoms with Gasteiger partial charge in [0.15, 0.2) is 6.54 Å². The fraction of sp³-hybridized carbons (Fsp3) is 0.579. The molecule has 0 spiro atoms. The molecule has 0 aliphatic carbocycles. The van der Waals surface area contributed by atoms with Crippen LogP contribution in [0, 0.1) is 11.8 Å². The van der Waals surface area contributed by atoms with Gasteiger partial charge in [0.1, 0.15) is 6.04 Å². The van der Waals surface area contributed by atoms with Gasteiger partial charge in [0.2, 0.25) is 0 Å². The Bertz CT molecular complexity index is 524. The number of amides is 3. The lowest BCUT2D eigenvalue weighted by atomic mass is 9.95. The Hall–Kier alpha value is -1.88. The topological polar surface area (TPSA) is 74.8 Å². The first-order valence-electron chi connectivity index (χ1n) is 8.83. The minimum Gasteiger partial charge on any atom is -0.338 e. The molecule has 5 heteroatoms. The second-order valence-electron chi connectivity index (χ2n) is 6.96. The summed E-state index contributed by atoms with van der Waals surface area (Å²) in [6.07, 6.45) is 1.02. The maximum Gasteiger partial charge on any atom is 0.321 e. The van der Waals surface area contributed by atoms with Crippen LogP contribution in [0.3, 0.4) is 0 Å². The van der Waals surface area contributed by atoms with Gasteiger partial charge in [-0.25, -0.2) is 4.79 Å². The van der Waals surface area contributed by atoms with Gasteiger partial charge < -0.3 is 10.6 Å². The highest BCUT2D eigenvalue weighted by atomic mass is 16.2. The summed E-state index contributed by atoms with van der Waals surface area (Å²) in [6, 6.07) is 8.31. The third kappa shape index (κ3) is 7.13. The summed E-state index contributed by atoms with van der Waals surface area (Å²) in [5.41, 5.74) is 2.51. The van der Waals surface area contributed by atoms with Crippen molar-refractivity contribution in [3.8, 4) is 0 Å². The first-order valence-corrected chi connectivity index (χ1v) is 8.83. The molecular formula is C19H32N3O2+. The lowest BCUT2D eigenvalue weighted by Crippen LogP contribution is -2.88. The average molecular weight is 334 g/mol. The van der Waals surface area contributed by atoms with E-state index in [1.807, 2.05) is 19.2 Å². The molecule has 0 unspecified atom stereocenters. The van der Waals surface area contributed by atoms with E-state index >= 15 is 0 Å². The Balaban J connectivity index is 2.53. The summed E-state index contributed by atoms with van der Waals surface area (Å²) < 4.78 is 0. The molecule has 0 aromatic heterocycles. The summed E-state index contributed by atoms with van der Waals surface area (Å²) >= 11 is 0. The number of urea groups is 1. The number of carbonyl (C=O) groups excluding carboxylic acids is 2.